The molecule has 0 saturated carbocycles. The summed E-state index contributed by atoms with van der Waals surface area (Å²) in [6.45, 7) is 7.34. The van der Waals surface area contributed by atoms with Crippen LogP contribution >= 0.6 is 0 Å². The Balaban J connectivity index is 3.15. The molecule has 0 aromatic carbocycles. The van der Waals surface area contributed by atoms with E-state index in [1.54, 1.807) is 4.17 Å². The summed E-state index contributed by atoms with van der Waals surface area (Å²) in [4.78, 5) is 0. The largest absolute Gasteiger partial charge is 0.357 e. The third kappa shape index (κ3) is 6.98. The molecule has 0 aliphatic carbocycles. The fraction of sp³-hybridized carbons (Fsp3) is 1.00. The molecule has 0 N–H and O–H groups in total. The van der Waals surface area contributed by atoms with E-state index >= 15 is 0 Å². The highest BCUT2D eigenvalue weighted by Crippen LogP contribution is 2.04. The van der Waals surface area contributed by atoms with Crippen molar-refractivity contribution in [1.29, 1.82) is 0 Å². The van der Waals surface area contributed by atoms with Crippen molar-refractivity contribution in [3.63, 3.8) is 0 Å². The quantitative estimate of drug-likeness (QED) is 0.497. The highest BCUT2D eigenvalue weighted by atomic mass is 28.3. The minimum absolute atomic E-state index is 0.372. The zero-order valence-electron chi connectivity index (χ0n) is 5.91. The predicted molar refractivity (Wildman–Crippen MR) is 39.8 cm³/mol. The van der Waals surface area contributed by atoms with Gasteiger partial charge in [0.1, 0.15) is 0 Å². The van der Waals surface area contributed by atoms with Gasteiger partial charge in [-0.15, -0.1) is 0 Å². The van der Waals surface area contributed by atoms with Crippen LogP contribution in [0.1, 0.15) is 0 Å². The van der Waals surface area contributed by atoms with Crippen molar-refractivity contribution in [2.45, 2.75) is 28.9 Å². The van der Waals surface area contributed by atoms with Gasteiger partial charge in [-0.3, -0.25) is 0 Å². The minimum Gasteiger partial charge on any atom is -0.157 e. The summed E-state index contributed by atoms with van der Waals surface area (Å²) in [6, 6.07) is 0. The molecule has 0 saturated heterocycles. The third-order valence-corrected chi connectivity index (χ3v) is 9.00. The van der Waals surface area contributed by atoms with E-state index in [0.717, 1.165) is 0 Å². The molecule has 7 heavy (non-hydrogen) atoms. The lowest BCUT2D eigenvalue weighted by molar-refractivity contribution is 1.63. The maximum atomic E-state index is 2.45. The lowest BCUT2D eigenvalue weighted by Crippen LogP contribution is -2.20. The molecule has 0 aromatic rings. The summed E-state index contributed by atoms with van der Waals surface area (Å²) in [7, 11) is -0.595. The predicted octanol–water partition coefficient (Wildman–Crippen LogP) is 2.03. The van der Waals surface area contributed by atoms with Crippen LogP contribution in [0.3, 0.4) is 0 Å². The van der Waals surface area contributed by atoms with Crippen molar-refractivity contribution < 1.29 is 0 Å². The number of hydrogen-bond donors (Lipinski definition) is 0. The smallest absolute Gasteiger partial charge is 0.157 e. The van der Waals surface area contributed by atoms with E-state index in [9.17, 15) is 0 Å². The van der Waals surface area contributed by atoms with Crippen LogP contribution < -0.4 is 0 Å². The molecule has 0 amide bonds. The Morgan fingerprint density at radius 1 is 1.29 bits per heavy atom. The van der Waals surface area contributed by atoms with Gasteiger partial charge in [0.2, 0.25) is 0 Å². The van der Waals surface area contributed by atoms with Gasteiger partial charge in [-0.1, -0.05) is 19.6 Å². The van der Waals surface area contributed by atoms with Crippen LogP contribution in [0.2, 0.25) is 28.9 Å². The second kappa shape index (κ2) is 3.10. The Morgan fingerprint density at radius 3 is 1.71 bits per heavy atom. The summed E-state index contributed by atoms with van der Waals surface area (Å²) < 4.78 is 1.62. The molecule has 0 nitrogen and oxygen atoms in total. The fourth-order valence-corrected chi connectivity index (χ4v) is 6.75. The first kappa shape index (κ1) is 7.98. The van der Waals surface area contributed by atoms with E-state index in [0.29, 0.717) is 20.4 Å². The van der Waals surface area contributed by atoms with Gasteiger partial charge in [0.15, 0.2) is 0 Å². The second-order valence-corrected chi connectivity index (χ2v) is 11.4. The van der Waals surface area contributed by atoms with Gasteiger partial charge in [-0.05, 0) is 0 Å². The summed E-state index contributed by atoms with van der Waals surface area (Å²) in [5, 5.41) is 2.40. The number of hydrogen-bond acceptors (Lipinski definition) is 0. The van der Waals surface area contributed by atoms with Gasteiger partial charge in [-0.2, -0.15) is 9.23 Å². The van der Waals surface area contributed by atoms with Crippen molar-refractivity contribution in [1.82, 2.24) is 0 Å². The highest BCUT2D eigenvalue weighted by Gasteiger charge is 2.09. The summed E-state index contributed by atoms with van der Waals surface area (Å²) in [5.74, 6) is 0. The van der Waals surface area contributed by atoms with Crippen LogP contribution in [0, 0.1) is 0 Å². The summed E-state index contributed by atoms with van der Waals surface area (Å²) in [5.41, 5.74) is 0. The average Bonchev–Trinajstić information content (AvgIpc) is 1.30. The van der Waals surface area contributed by atoms with Crippen LogP contribution in [0.5, 0.6) is 0 Å². The summed E-state index contributed by atoms with van der Waals surface area (Å²) >= 11 is 0.372. The Kier molecular flexibility index (Phi) is 3.53. The molecule has 0 rings (SSSR count). The number of rotatable bonds is 2. The topological polar surface area (TPSA) is 0 Å². The van der Waals surface area contributed by atoms with Gasteiger partial charge in [0, 0.05) is 8.07 Å². The van der Waals surface area contributed by atoms with Crippen LogP contribution in [0.15, 0.2) is 0 Å². The van der Waals surface area contributed by atoms with Gasteiger partial charge >= 0.3 is 20.4 Å². The maximum absolute atomic E-state index is 2.45. The SMILES string of the molecule is [CH3][Mg][CH2][Si](C)(C)C. The highest BCUT2D eigenvalue weighted by molar-refractivity contribution is 6.82. The van der Waals surface area contributed by atoms with E-state index in [1.165, 1.54) is 0 Å². The molecule has 40 valence electrons. The first-order chi connectivity index (χ1) is 3.06. The molecule has 2 heteroatoms. The van der Waals surface area contributed by atoms with Crippen LogP contribution in [-0.4, -0.2) is 28.4 Å². The molecule has 0 spiro atoms. The third-order valence-electron chi connectivity index (χ3n) is 1.000. The second-order valence-electron chi connectivity index (χ2n) is 3.31. The molecule has 0 unspecified atom stereocenters. The summed E-state index contributed by atoms with van der Waals surface area (Å²) in [6.07, 6.45) is 0. The van der Waals surface area contributed by atoms with Crippen molar-refractivity contribution in [3.8, 4) is 0 Å². The van der Waals surface area contributed by atoms with Gasteiger partial charge in [-0.25, -0.2) is 0 Å². The standard InChI is InChI=1S/C4H11Si.CH3.Mg/c1-5(2,3)4;;/h1H2,2-4H3;1H3;. The fourth-order valence-electron chi connectivity index (χ4n) is 0.750. The van der Waals surface area contributed by atoms with Gasteiger partial charge < -0.3 is 0 Å². The maximum Gasteiger partial charge on any atom is 0.357 e. The normalized spacial score (nSPS) is 10.9. The van der Waals surface area contributed by atoms with E-state index in [1.807, 2.05) is 0 Å². The Labute approximate surface area is 57.4 Å². The minimum atomic E-state index is -0.595. The van der Waals surface area contributed by atoms with Crippen LogP contribution in [0.4, 0.5) is 0 Å². The van der Waals surface area contributed by atoms with Crippen LogP contribution in [0.25, 0.3) is 0 Å². The van der Waals surface area contributed by atoms with E-state index in [4.69, 9.17) is 0 Å². The lowest BCUT2D eigenvalue weighted by atomic mass is 11.7. The molecule has 0 aromatic heterocycles. The Hall–Kier alpha value is 0.983. The van der Waals surface area contributed by atoms with Gasteiger partial charge in [0.25, 0.3) is 0 Å². The Morgan fingerprint density at radius 2 is 1.71 bits per heavy atom. The molecule has 0 heterocycles. The first-order valence-electron chi connectivity index (χ1n) is 3.06. The molecular formula is C5H14MgSi. The molecule has 0 radical (unpaired) electrons. The molecule has 0 bridgehead atoms. The van der Waals surface area contributed by atoms with Crippen molar-refractivity contribution >= 4 is 28.4 Å². The molecule has 0 aliphatic rings. The molecule has 0 atom stereocenters. The van der Waals surface area contributed by atoms with Crippen molar-refractivity contribution in [2.75, 3.05) is 0 Å². The first-order valence-corrected chi connectivity index (χ1v) is 9.18. The zero-order valence-corrected chi connectivity index (χ0v) is 8.33. The average molecular weight is 127 g/mol. The van der Waals surface area contributed by atoms with E-state index in [-0.39, 0.29) is 0 Å². The van der Waals surface area contributed by atoms with Crippen LogP contribution in [-0.2, 0) is 0 Å². The monoisotopic (exact) mass is 126 g/mol. The molecule has 0 aliphatic heterocycles. The molecular weight excluding hydrogens is 112 g/mol. The zero-order chi connectivity index (χ0) is 5.91. The Bertz CT molecular complexity index is 46.5. The van der Waals surface area contributed by atoms with E-state index < -0.39 is 8.07 Å². The lowest BCUT2D eigenvalue weighted by Gasteiger charge is -2.12. The van der Waals surface area contributed by atoms with E-state index in [2.05, 4.69) is 24.7 Å². The van der Waals surface area contributed by atoms with Crippen molar-refractivity contribution in [2.24, 2.45) is 0 Å². The van der Waals surface area contributed by atoms with Gasteiger partial charge in [0.05, 0.1) is 0 Å². The molecule has 0 fully saturated rings. The van der Waals surface area contributed by atoms with Crippen molar-refractivity contribution in [3.05, 3.63) is 0 Å².